The van der Waals surface area contributed by atoms with Gasteiger partial charge in [0.05, 0.1) is 36.1 Å². The molecule has 0 aliphatic heterocycles. The van der Waals surface area contributed by atoms with Crippen molar-refractivity contribution in [3.8, 4) is 0 Å². The van der Waals surface area contributed by atoms with Crippen LogP contribution in [0.2, 0.25) is 0 Å². The number of hydrogen-bond acceptors (Lipinski definition) is 6. The number of rotatable bonds is 18. The average Bonchev–Trinajstić information content (AvgIpc) is 3.12. The molecule has 0 aromatic heterocycles. The summed E-state index contributed by atoms with van der Waals surface area (Å²) in [5.41, 5.74) is 5.19. The Morgan fingerprint density at radius 1 is 0.522 bits per heavy atom. The molecule has 0 aliphatic rings. The largest absolute Gasteiger partial charge is 0.454 e. The zero-order valence-corrected chi connectivity index (χ0v) is 27.5. The van der Waals surface area contributed by atoms with Gasteiger partial charge >= 0.3 is 5.97 Å². The van der Waals surface area contributed by atoms with Crippen molar-refractivity contribution in [2.75, 3.05) is 6.61 Å². The van der Waals surface area contributed by atoms with Crippen molar-refractivity contribution in [2.45, 2.75) is 47.9 Å². The van der Waals surface area contributed by atoms with E-state index in [-0.39, 0.29) is 17.2 Å². The van der Waals surface area contributed by atoms with Crippen molar-refractivity contribution in [2.24, 2.45) is 0 Å². The van der Waals surface area contributed by atoms with E-state index >= 15 is 0 Å². The van der Waals surface area contributed by atoms with Crippen LogP contribution in [0.1, 0.15) is 39.0 Å². The van der Waals surface area contributed by atoms with E-state index in [4.69, 9.17) is 14.2 Å². The number of hydrogen-bond donors (Lipinski definition) is 0. The lowest BCUT2D eigenvalue weighted by molar-refractivity contribution is -0.0909. The van der Waals surface area contributed by atoms with Crippen LogP contribution in [0.25, 0.3) is 0 Å². The first-order valence-corrected chi connectivity index (χ1v) is 17.7. The Bertz CT molecular complexity index is 1490. The molecule has 0 fully saturated rings. The number of carbonyl (C=O) groups excluding carboxylic acids is 1. The number of esters is 1. The highest BCUT2D eigenvalue weighted by molar-refractivity contribution is 8.16. The highest BCUT2D eigenvalue weighted by Gasteiger charge is 2.30. The summed E-state index contributed by atoms with van der Waals surface area (Å²) in [4.78, 5) is 13.4. The SMILES string of the molecule is O=C(O[C@@H](COCc1ccccc1)[C@H](CC(SCc1ccccc1)SCc1ccccc1)OCc1ccccc1)c1ccccc1. The van der Waals surface area contributed by atoms with Crippen LogP contribution in [0.4, 0.5) is 0 Å². The molecule has 5 rings (SSSR count). The molecular weight excluding hydrogens is 609 g/mol. The average molecular weight is 649 g/mol. The molecule has 5 aromatic carbocycles. The Morgan fingerprint density at radius 2 is 0.957 bits per heavy atom. The van der Waals surface area contributed by atoms with Crippen LogP contribution in [-0.2, 0) is 38.9 Å². The summed E-state index contributed by atoms with van der Waals surface area (Å²) < 4.78 is 19.3. The van der Waals surface area contributed by atoms with E-state index in [9.17, 15) is 4.79 Å². The van der Waals surface area contributed by atoms with Crippen LogP contribution in [0.15, 0.2) is 152 Å². The summed E-state index contributed by atoms with van der Waals surface area (Å²) in [6.45, 7) is 1.04. The van der Waals surface area contributed by atoms with Crippen molar-refractivity contribution < 1.29 is 19.0 Å². The first-order chi connectivity index (χ1) is 22.7. The molecule has 5 aromatic rings. The molecule has 236 valence electrons. The predicted octanol–water partition coefficient (Wildman–Crippen LogP) is 9.60. The van der Waals surface area contributed by atoms with Gasteiger partial charge in [0, 0.05) is 11.5 Å². The maximum Gasteiger partial charge on any atom is 0.338 e. The summed E-state index contributed by atoms with van der Waals surface area (Å²) in [5, 5.41) is 0. The Hall–Kier alpha value is -3.81. The smallest absolute Gasteiger partial charge is 0.338 e. The maximum absolute atomic E-state index is 13.4. The van der Waals surface area contributed by atoms with Gasteiger partial charge in [-0.15, -0.1) is 23.5 Å². The van der Waals surface area contributed by atoms with Gasteiger partial charge in [0.2, 0.25) is 0 Å². The van der Waals surface area contributed by atoms with Crippen LogP contribution < -0.4 is 0 Å². The van der Waals surface area contributed by atoms with Gasteiger partial charge in [-0.05, 0) is 40.8 Å². The fraction of sp³-hybridized carbons (Fsp3) is 0.225. The normalized spacial score (nSPS) is 12.5. The van der Waals surface area contributed by atoms with Crippen LogP contribution in [0.3, 0.4) is 0 Å². The minimum absolute atomic E-state index is 0.174. The molecule has 0 saturated heterocycles. The number of thioether (sulfide) groups is 2. The molecule has 0 aliphatic carbocycles. The van der Waals surface area contributed by atoms with Gasteiger partial charge in [0.1, 0.15) is 0 Å². The molecule has 0 amide bonds. The van der Waals surface area contributed by atoms with Gasteiger partial charge in [0.25, 0.3) is 0 Å². The Kier molecular flexibility index (Phi) is 13.9. The summed E-state index contributed by atoms with van der Waals surface area (Å²) in [6, 6.07) is 50.4. The van der Waals surface area contributed by atoms with E-state index in [1.165, 1.54) is 11.1 Å². The van der Waals surface area contributed by atoms with Gasteiger partial charge in [-0.25, -0.2) is 4.79 Å². The van der Waals surface area contributed by atoms with Crippen molar-refractivity contribution >= 4 is 29.5 Å². The molecule has 0 radical (unpaired) electrons. The monoisotopic (exact) mass is 648 g/mol. The van der Waals surface area contributed by atoms with Gasteiger partial charge < -0.3 is 14.2 Å². The number of ether oxygens (including phenoxy) is 3. The molecule has 0 spiro atoms. The minimum Gasteiger partial charge on any atom is -0.454 e. The van der Waals surface area contributed by atoms with Crippen LogP contribution in [-0.4, -0.2) is 29.4 Å². The highest BCUT2D eigenvalue weighted by atomic mass is 32.2. The molecule has 0 unspecified atom stereocenters. The van der Waals surface area contributed by atoms with Gasteiger partial charge in [0.15, 0.2) is 6.10 Å². The first kappa shape index (κ1) is 33.6. The van der Waals surface area contributed by atoms with E-state index in [1.807, 2.05) is 102 Å². The fourth-order valence-electron chi connectivity index (χ4n) is 4.87. The molecule has 6 heteroatoms. The fourth-order valence-corrected chi connectivity index (χ4v) is 7.46. The molecule has 0 saturated carbocycles. The first-order valence-electron chi connectivity index (χ1n) is 15.6. The van der Waals surface area contributed by atoms with Gasteiger partial charge in [-0.2, -0.15) is 0 Å². The molecular formula is C40H40O4S2. The molecule has 4 nitrogen and oxygen atoms in total. The standard InChI is InChI=1S/C40H40O4S2/c41-40(36-24-14-5-15-25-36)44-38(29-42-27-32-16-6-1-7-17-32)37(43-28-33-18-8-2-9-19-33)26-39(45-30-34-20-10-3-11-21-34)46-31-35-22-12-4-13-23-35/h1-25,37-39H,26-31H2/t37-,38-/m0/s1. The summed E-state index contributed by atoms with van der Waals surface area (Å²) >= 11 is 3.80. The molecule has 2 atom stereocenters. The molecule has 0 bridgehead atoms. The molecule has 0 N–H and O–H groups in total. The zero-order chi connectivity index (χ0) is 31.7. The molecule has 0 heterocycles. The summed E-state index contributed by atoms with van der Waals surface area (Å²) in [6.07, 6.45) is -0.346. The summed E-state index contributed by atoms with van der Waals surface area (Å²) in [5.74, 6) is 1.36. The van der Waals surface area contributed by atoms with Crippen LogP contribution in [0, 0.1) is 0 Å². The highest BCUT2D eigenvalue weighted by Crippen LogP contribution is 2.35. The third-order valence-corrected chi connectivity index (χ3v) is 10.3. The van der Waals surface area contributed by atoms with Crippen molar-refractivity contribution in [3.05, 3.63) is 179 Å². The van der Waals surface area contributed by atoms with Gasteiger partial charge in [-0.3, -0.25) is 0 Å². The van der Waals surface area contributed by atoms with E-state index in [0.717, 1.165) is 22.6 Å². The Labute approximate surface area is 281 Å². The van der Waals surface area contributed by atoms with Crippen LogP contribution >= 0.6 is 23.5 Å². The Balaban J connectivity index is 1.38. The predicted molar refractivity (Wildman–Crippen MR) is 191 cm³/mol. The topological polar surface area (TPSA) is 44.8 Å². The van der Waals surface area contributed by atoms with Crippen molar-refractivity contribution in [3.63, 3.8) is 0 Å². The second-order valence-corrected chi connectivity index (χ2v) is 13.6. The lowest BCUT2D eigenvalue weighted by atomic mass is 10.1. The third kappa shape index (κ3) is 11.5. The maximum atomic E-state index is 13.4. The zero-order valence-electron chi connectivity index (χ0n) is 25.9. The second kappa shape index (κ2) is 19.0. The third-order valence-electron chi connectivity index (χ3n) is 7.37. The van der Waals surface area contributed by atoms with E-state index in [0.29, 0.717) is 25.2 Å². The Morgan fingerprint density at radius 3 is 1.46 bits per heavy atom. The number of benzene rings is 5. The van der Waals surface area contributed by atoms with Crippen LogP contribution in [0.5, 0.6) is 0 Å². The lowest BCUT2D eigenvalue weighted by Gasteiger charge is -2.30. The van der Waals surface area contributed by atoms with E-state index in [2.05, 4.69) is 60.7 Å². The number of carbonyl (C=O) groups is 1. The van der Waals surface area contributed by atoms with Crippen molar-refractivity contribution in [1.82, 2.24) is 0 Å². The quantitative estimate of drug-likeness (QED) is 0.0697. The second-order valence-electron chi connectivity index (χ2n) is 10.9. The molecule has 46 heavy (non-hydrogen) atoms. The van der Waals surface area contributed by atoms with E-state index < -0.39 is 12.2 Å². The van der Waals surface area contributed by atoms with Gasteiger partial charge in [-0.1, -0.05) is 140 Å². The lowest BCUT2D eigenvalue weighted by Crippen LogP contribution is -2.39. The minimum atomic E-state index is -0.614. The van der Waals surface area contributed by atoms with Crippen molar-refractivity contribution in [1.29, 1.82) is 0 Å². The summed E-state index contributed by atoms with van der Waals surface area (Å²) in [7, 11) is 0. The van der Waals surface area contributed by atoms with E-state index in [1.54, 1.807) is 12.1 Å².